The molecule has 0 aliphatic rings. The Hall–Kier alpha value is -1.43. The molecule has 1 N–H and O–H groups in total. The van der Waals surface area contributed by atoms with Crippen molar-refractivity contribution in [2.45, 2.75) is 0 Å². The molecule has 2 aromatic rings. The molecule has 2 aromatic heterocycles. The summed E-state index contributed by atoms with van der Waals surface area (Å²) in [5, 5.41) is 0.510. The van der Waals surface area contributed by atoms with Crippen LogP contribution >= 0.6 is 15.9 Å². The maximum atomic E-state index is 12.9. The zero-order chi connectivity index (χ0) is 11.0. The minimum Gasteiger partial charge on any atom is -0.464 e. The molecule has 0 aliphatic heterocycles. The SMILES string of the molecule is COC(=O)c1[nH]c2ncc(F)cc2c1Br. The van der Waals surface area contributed by atoms with Crippen LogP contribution in [0.25, 0.3) is 11.0 Å². The zero-order valence-corrected chi connectivity index (χ0v) is 9.26. The molecule has 0 bridgehead atoms. The van der Waals surface area contributed by atoms with Crippen molar-refractivity contribution in [2.75, 3.05) is 7.11 Å². The van der Waals surface area contributed by atoms with E-state index < -0.39 is 11.8 Å². The number of nitrogens with zero attached hydrogens (tertiary/aromatic N) is 1. The number of methoxy groups -OCH3 is 1. The Kier molecular flexibility index (Phi) is 2.44. The van der Waals surface area contributed by atoms with Gasteiger partial charge in [0.2, 0.25) is 0 Å². The van der Waals surface area contributed by atoms with E-state index in [2.05, 4.69) is 30.6 Å². The van der Waals surface area contributed by atoms with E-state index in [1.54, 1.807) is 0 Å². The smallest absolute Gasteiger partial charge is 0.355 e. The van der Waals surface area contributed by atoms with E-state index in [9.17, 15) is 9.18 Å². The summed E-state index contributed by atoms with van der Waals surface area (Å²) in [4.78, 5) is 17.8. The second-order valence-corrected chi connectivity index (χ2v) is 3.65. The summed E-state index contributed by atoms with van der Waals surface area (Å²) in [5.41, 5.74) is 0.661. The minimum absolute atomic E-state index is 0.227. The minimum atomic E-state index is -0.528. The van der Waals surface area contributed by atoms with Gasteiger partial charge in [0.15, 0.2) is 0 Å². The number of fused-ring (bicyclic) bond motifs is 1. The molecular weight excluding hydrogens is 267 g/mol. The van der Waals surface area contributed by atoms with E-state index in [4.69, 9.17) is 0 Å². The topological polar surface area (TPSA) is 55.0 Å². The van der Waals surface area contributed by atoms with Crippen LogP contribution < -0.4 is 0 Å². The molecular formula is C9H6BrFN2O2. The van der Waals surface area contributed by atoms with Crippen LogP contribution in [-0.2, 0) is 4.74 Å². The number of aromatic amines is 1. The van der Waals surface area contributed by atoms with E-state index in [1.807, 2.05) is 0 Å². The largest absolute Gasteiger partial charge is 0.464 e. The van der Waals surface area contributed by atoms with E-state index in [0.29, 0.717) is 15.5 Å². The molecule has 0 aliphatic carbocycles. The van der Waals surface area contributed by atoms with Crippen molar-refractivity contribution < 1.29 is 13.9 Å². The summed E-state index contributed by atoms with van der Waals surface area (Å²) in [7, 11) is 1.27. The first-order chi connectivity index (χ1) is 7.13. The molecule has 4 nitrogen and oxygen atoms in total. The van der Waals surface area contributed by atoms with Crippen LogP contribution in [0.3, 0.4) is 0 Å². The molecule has 0 amide bonds. The highest BCUT2D eigenvalue weighted by Crippen LogP contribution is 2.27. The third-order valence-electron chi connectivity index (χ3n) is 1.94. The maximum absolute atomic E-state index is 12.9. The van der Waals surface area contributed by atoms with Crippen molar-refractivity contribution in [2.24, 2.45) is 0 Å². The first kappa shape index (κ1) is 10.1. The molecule has 0 saturated heterocycles. The lowest BCUT2D eigenvalue weighted by Gasteiger charge is -1.94. The van der Waals surface area contributed by atoms with Crippen LogP contribution in [-0.4, -0.2) is 23.0 Å². The third-order valence-corrected chi connectivity index (χ3v) is 2.77. The van der Waals surface area contributed by atoms with Gasteiger partial charge in [-0.2, -0.15) is 0 Å². The summed E-state index contributed by atoms with van der Waals surface area (Å²) in [6.45, 7) is 0. The number of nitrogens with one attached hydrogen (secondary N) is 1. The summed E-state index contributed by atoms with van der Waals surface area (Å²) in [6.07, 6.45) is 1.08. The van der Waals surface area contributed by atoms with Gasteiger partial charge in [-0.15, -0.1) is 0 Å². The first-order valence-electron chi connectivity index (χ1n) is 4.04. The number of pyridine rings is 1. The Bertz CT molecular complexity index is 538. The fourth-order valence-electron chi connectivity index (χ4n) is 1.26. The number of carbonyl (C=O) groups is 1. The van der Waals surface area contributed by atoms with Gasteiger partial charge < -0.3 is 9.72 Å². The molecule has 6 heteroatoms. The Morgan fingerprint density at radius 2 is 2.40 bits per heavy atom. The van der Waals surface area contributed by atoms with Crippen LogP contribution in [0.4, 0.5) is 4.39 Å². The van der Waals surface area contributed by atoms with Crippen molar-refractivity contribution >= 4 is 32.9 Å². The molecule has 0 fully saturated rings. The van der Waals surface area contributed by atoms with Gasteiger partial charge in [0.05, 0.1) is 17.8 Å². The Morgan fingerprint density at radius 3 is 3.07 bits per heavy atom. The van der Waals surface area contributed by atoms with Crippen LogP contribution in [0.15, 0.2) is 16.7 Å². The van der Waals surface area contributed by atoms with Gasteiger partial charge in [-0.25, -0.2) is 14.2 Å². The number of hydrogen-bond donors (Lipinski definition) is 1. The van der Waals surface area contributed by atoms with Crippen LogP contribution in [0.5, 0.6) is 0 Å². The molecule has 0 atom stereocenters. The fraction of sp³-hybridized carbons (Fsp3) is 0.111. The lowest BCUT2D eigenvalue weighted by atomic mass is 10.3. The van der Waals surface area contributed by atoms with Crippen molar-refractivity contribution in [3.63, 3.8) is 0 Å². The normalized spacial score (nSPS) is 10.6. The number of ether oxygens (including phenoxy) is 1. The van der Waals surface area contributed by atoms with E-state index in [0.717, 1.165) is 6.20 Å². The van der Waals surface area contributed by atoms with Crippen LogP contribution in [0.2, 0.25) is 0 Å². The predicted molar refractivity (Wildman–Crippen MR) is 55.1 cm³/mol. The van der Waals surface area contributed by atoms with E-state index in [1.165, 1.54) is 13.2 Å². The standard InChI is InChI=1S/C9H6BrFN2O2/c1-15-9(14)7-6(10)5-2-4(11)3-12-8(5)13-7/h2-3H,1H3,(H,12,13). The molecule has 0 unspecified atom stereocenters. The third kappa shape index (κ3) is 1.61. The highest BCUT2D eigenvalue weighted by molar-refractivity contribution is 9.10. The van der Waals surface area contributed by atoms with Gasteiger partial charge in [-0.1, -0.05) is 0 Å². The summed E-state index contributed by atoms with van der Waals surface area (Å²) < 4.78 is 17.9. The monoisotopic (exact) mass is 272 g/mol. The lowest BCUT2D eigenvalue weighted by Crippen LogP contribution is -2.01. The van der Waals surface area contributed by atoms with E-state index >= 15 is 0 Å². The molecule has 2 heterocycles. The van der Waals surface area contributed by atoms with Crippen LogP contribution in [0.1, 0.15) is 10.5 Å². The van der Waals surface area contributed by atoms with Gasteiger partial charge in [0, 0.05) is 5.39 Å². The molecule has 0 saturated carbocycles. The van der Waals surface area contributed by atoms with Crippen molar-refractivity contribution in [3.05, 3.63) is 28.2 Å². The first-order valence-corrected chi connectivity index (χ1v) is 4.84. The molecule has 0 radical (unpaired) electrons. The molecule has 2 rings (SSSR count). The predicted octanol–water partition coefficient (Wildman–Crippen LogP) is 2.25. The van der Waals surface area contributed by atoms with Gasteiger partial charge in [-0.05, 0) is 22.0 Å². The van der Waals surface area contributed by atoms with Crippen molar-refractivity contribution in [1.82, 2.24) is 9.97 Å². The number of rotatable bonds is 1. The molecule has 0 spiro atoms. The second-order valence-electron chi connectivity index (χ2n) is 2.86. The van der Waals surface area contributed by atoms with Crippen molar-refractivity contribution in [3.8, 4) is 0 Å². The van der Waals surface area contributed by atoms with Crippen molar-refractivity contribution in [1.29, 1.82) is 0 Å². The average molecular weight is 273 g/mol. The van der Waals surface area contributed by atoms with Gasteiger partial charge >= 0.3 is 5.97 Å². The molecule has 78 valence electrons. The lowest BCUT2D eigenvalue weighted by molar-refractivity contribution is 0.0594. The van der Waals surface area contributed by atoms with Gasteiger partial charge in [0.1, 0.15) is 17.2 Å². The average Bonchev–Trinajstić information content (AvgIpc) is 2.55. The number of aromatic nitrogens is 2. The molecule has 0 aromatic carbocycles. The Labute approximate surface area is 92.6 Å². The summed E-state index contributed by atoms with van der Waals surface area (Å²) in [6, 6.07) is 1.29. The van der Waals surface area contributed by atoms with Crippen LogP contribution in [0, 0.1) is 5.82 Å². The summed E-state index contributed by atoms with van der Waals surface area (Å²) >= 11 is 3.19. The number of carbonyl (C=O) groups excluding carboxylic acids is 1. The highest BCUT2D eigenvalue weighted by Gasteiger charge is 2.17. The number of H-pyrrole nitrogens is 1. The molecule has 15 heavy (non-hydrogen) atoms. The Morgan fingerprint density at radius 1 is 1.67 bits per heavy atom. The quantitative estimate of drug-likeness (QED) is 0.811. The van der Waals surface area contributed by atoms with Gasteiger partial charge in [0.25, 0.3) is 0 Å². The summed E-state index contributed by atoms with van der Waals surface area (Å²) in [5.74, 6) is -0.987. The second kappa shape index (κ2) is 3.62. The number of halogens is 2. The Balaban J connectivity index is 2.69. The van der Waals surface area contributed by atoms with E-state index in [-0.39, 0.29) is 5.69 Å². The van der Waals surface area contributed by atoms with Gasteiger partial charge in [-0.3, -0.25) is 0 Å². The number of hydrogen-bond acceptors (Lipinski definition) is 3. The zero-order valence-electron chi connectivity index (χ0n) is 7.67. The highest BCUT2D eigenvalue weighted by atomic mass is 79.9. The number of esters is 1. The fourth-order valence-corrected chi connectivity index (χ4v) is 1.82. The maximum Gasteiger partial charge on any atom is 0.355 e.